The van der Waals surface area contributed by atoms with Gasteiger partial charge in [-0.2, -0.15) is 0 Å². The topological polar surface area (TPSA) is 68.0 Å². The molecular weight excluding hydrogens is 334 g/mol. The number of carbonyl (C=O) groups is 1. The number of nitrogens with zero attached hydrogens (tertiary/aromatic N) is 2. The van der Waals surface area contributed by atoms with E-state index >= 15 is 0 Å². The van der Waals surface area contributed by atoms with Crippen molar-refractivity contribution in [2.24, 2.45) is 0 Å². The Hall–Kier alpha value is -1.40. The van der Waals surface area contributed by atoms with E-state index in [4.69, 9.17) is 16.0 Å². The average Bonchev–Trinajstić information content (AvgIpc) is 2.69. The van der Waals surface area contributed by atoms with Crippen molar-refractivity contribution in [3.05, 3.63) is 44.8 Å². The number of pyridine rings is 1. The average molecular weight is 345 g/mol. The number of aryl methyl sites for hydroxylation is 2. The minimum Gasteiger partial charge on any atom is -0.444 e. The summed E-state index contributed by atoms with van der Waals surface area (Å²) >= 11 is 9.11. The number of hydrogen-bond acceptors (Lipinski definition) is 4. The maximum atomic E-state index is 12.0. The number of nitrogens with one attached hydrogen (secondary N) is 1. The predicted octanol–water partition coefficient (Wildman–Crippen LogP) is 3.03. The molecule has 0 bridgehead atoms. The van der Waals surface area contributed by atoms with Crippen LogP contribution in [-0.2, 0) is 6.54 Å². The van der Waals surface area contributed by atoms with Crippen LogP contribution in [0.4, 0.5) is 0 Å². The first kappa shape index (κ1) is 14.0. The molecule has 0 aromatic carbocycles. The van der Waals surface area contributed by atoms with Crippen LogP contribution in [0.5, 0.6) is 0 Å². The Morgan fingerprint density at radius 3 is 2.89 bits per heavy atom. The van der Waals surface area contributed by atoms with Crippen molar-refractivity contribution in [1.82, 2.24) is 15.3 Å². The molecule has 0 spiro atoms. The van der Waals surface area contributed by atoms with E-state index in [9.17, 15) is 4.79 Å². The highest BCUT2D eigenvalue weighted by atomic mass is 79.9. The van der Waals surface area contributed by atoms with Gasteiger partial charge in [-0.3, -0.25) is 4.79 Å². The van der Waals surface area contributed by atoms with Crippen LogP contribution in [0.3, 0.4) is 0 Å². The minimum absolute atomic E-state index is 0.153. The second kappa shape index (κ2) is 5.71. The molecule has 2 heterocycles. The van der Waals surface area contributed by atoms with Crippen LogP contribution in [0.2, 0.25) is 5.15 Å². The van der Waals surface area contributed by atoms with Crippen molar-refractivity contribution in [3.8, 4) is 0 Å². The minimum atomic E-state index is -0.327. The third kappa shape index (κ3) is 3.33. The van der Waals surface area contributed by atoms with Crippen molar-refractivity contribution in [2.45, 2.75) is 20.4 Å². The lowest BCUT2D eigenvalue weighted by Crippen LogP contribution is -2.23. The molecule has 2 aromatic heterocycles. The SMILES string of the molecule is Cc1nc(CNC(=O)c2cc(Br)cnc2Cl)oc1C. The zero-order valence-electron chi connectivity index (χ0n) is 10.3. The summed E-state index contributed by atoms with van der Waals surface area (Å²) in [6.45, 7) is 3.87. The van der Waals surface area contributed by atoms with E-state index in [0.29, 0.717) is 15.9 Å². The largest absolute Gasteiger partial charge is 0.444 e. The van der Waals surface area contributed by atoms with Gasteiger partial charge in [0.05, 0.1) is 17.8 Å². The molecule has 19 heavy (non-hydrogen) atoms. The normalized spacial score (nSPS) is 10.5. The molecule has 0 radical (unpaired) electrons. The van der Waals surface area contributed by atoms with Gasteiger partial charge in [0.25, 0.3) is 5.91 Å². The summed E-state index contributed by atoms with van der Waals surface area (Å²) in [6.07, 6.45) is 1.53. The van der Waals surface area contributed by atoms with Gasteiger partial charge in [0.15, 0.2) is 0 Å². The first-order valence-corrected chi connectivity index (χ1v) is 6.66. The van der Waals surface area contributed by atoms with Crippen LogP contribution in [-0.4, -0.2) is 15.9 Å². The van der Waals surface area contributed by atoms with E-state index in [0.717, 1.165) is 11.5 Å². The van der Waals surface area contributed by atoms with E-state index < -0.39 is 0 Å². The molecule has 2 rings (SSSR count). The van der Waals surface area contributed by atoms with Crippen molar-refractivity contribution in [2.75, 3.05) is 0 Å². The smallest absolute Gasteiger partial charge is 0.254 e. The summed E-state index contributed by atoms with van der Waals surface area (Å²) in [4.78, 5) is 20.0. The van der Waals surface area contributed by atoms with E-state index in [1.54, 1.807) is 6.07 Å². The molecule has 1 amide bonds. The summed E-state index contributed by atoms with van der Waals surface area (Å²) < 4.78 is 6.06. The number of amides is 1. The lowest BCUT2D eigenvalue weighted by molar-refractivity contribution is 0.0947. The number of hydrogen-bond donors (Lipinski definition) is 1. The molecule has 0 saturated carbocycles. The van der Waals surface area contributed by atoms with Gasteiger partial charge in [-0.1, -0.05) is 11.6 Å². The lowest BCUT2D eigenvalue weighted by atomic mass is 10.2. The quantitative estimate of drug-likeness (QED) is 0.869. The number of halogens is 2. The molecule has 0 aliphatic rings. The van der Waals surface area contributed by atoms with Gasteiger partial charge in [-0.05, 0) is 35.8 Å². The highest BCUT2D eigenvalue weighted by Crippen LogP contribution is 2.18. The maximum Gasteiger partial charge on any atom is 0.254 e. The molecule has 0 fully saturated rings. The summed E-state index contributed by atoms with van der Waals surface area (Å²) in [5.41, 5.74) is 1.11. The van der Waals surface area contributed by atoms with E-state index in [2.05, 4.69) is 31.2 Å². The summed E-state index contributed by atoms with van der Waals surface area (Å²) in [7, 11) is 0. The maximum absolute atomic E-state index is 12.0. The molecule has 1 N–H and O–H groups in total. The molecule has 100 valence electrons. The summed E-state index contributed by atoms with van der Waals surface area (Å²) in [5, 5.41) is 2.84. The molecule has 0 saturated heterocycles. The third-order valence-electron chi connectivity index (χ3n) is 2.52. The zero-order valence-corrected chi connectivity index (χ0v) is 12.7. The van der Waals surface area contributed by atoms with E-state index in [1.807, 2.05) is 13.8 Å². The Bertz CT molecular complexity index is 608. The highest BCUT2D eigenvalue weighted by Gasteiger charge is 2.13. The van der Waals surface area contributed by atoms with Gasteiger partial charge < -0.3 is 9.73 Å². The van der Waals surface area contributed by atoms with Crippen LogP contribution in [0.25, 0.3) is 0 Å². The molecule has 0 atom stereocenters. The Morgan fingerprint density at radius 2 is 2.26 bits per heavy atom. The fourth-order valence-electron chi connectivity index (χ4n) is 1.45. The zero-order chi connectivity index (χ0) is 14.0. The Balaban J connectivity index is 2.07. The standard InChI is InChI=1S/C12H11BrClN3O2/c1-6-7(2)19-10(17-6)5-16-12(18)9-3-8(13)4-15-11(9)14/h3-4H,5H2,1-2H3,(H,16,18). The van der Waals surface area contributed by atoms with Gasteiger partial charge in [-0.15, -0.1) is 0 Å². The second-order valence-corrected chi connectivity index (χ2v) is 5.20. The Kier molecular flexibility index (Phi) is 4.21. The molecule has 2 aromatic rings. The monoisotopic (exact) mass is 343 g/mol. The van der Waals surface area contributed by atoms with Crippen LogP contribution in [0.15, 0.2) is 21.2 Å². The van der Waals surface area contributed by atoms with Crippen LogP contribution >= 0.6 is 27.5 Å². The number of oxazole rings is 1. The molecule has 7 heteroatoms. The summed E-state index contributed by atoms with van der Waals surface area (Å²) in [6, 6.07) is 1.61. The van der Waals surface area contributed by atoms with Crippen molar-refractivity contribution in [3.63, 3.8) is 0 Å². The van der Waals surface area contributed by atoms with E-state index in [1.165, 1.54) is 6.20 Å². The second-order valence-electron chi connectivity index (χ2n) is 3.92. The van der Waals surface area contributed by atoms with Crippen LogP contribution in [0, 0.1) is 13.8 Å². The fraction of sp³-hybridized carbons (Fsp3) is 0.250. The van der Waals surface area contributed by atoms with Crippen LogP contribution in [0.1, 0.15) is 27.7 Å². The van der Waals surface area contributed by atoms with Gasteiger partial charge in [0.2, 0.25) is 5.89 Å². The van der Waals surface area contributed by atoms with Crippen LogP contribution < -0.4 is 5.32 Å². The van der Waals surface area contributed by atoms with Gasteiger partial charge in [-0.25, -0.2) is 9.97 Å². The molecule has 5 nitrogen and oxygen atoms in total. The van der Waals surface area contributed by atoms with Gasteiger partial charge in [0.1, 0.15) is 10.9 Å². The molecule has 0 unspecified atom stereocenters. The number of aromatic nitrogens is 2. The van der Waals surface area contributed by atoms with Crippen molar-refractivity contribution in [1.29, 1.82) is 0 Å². The van der Waals surface area contributed by atoms with Crippen molar-refractivity contribution < 1.29 is 9.21 Å². The first-order valence-electron chi connectivity index (χ1n) is 5.49. The van der Waals surface area contributed by atoms with E-state index in [-0.39, 0.29) is 17.6 Å². The Morgan fingerprint density at radius 1 is 1.53 bits per heavy atom. The van der Waals surface area contributed by atoms with Gasteiger partial charge >= 0.3 is 0 Å². The number of carbonyl (C=O) groups excluding carboxylic acids is 1. The molecule has 0 aliphatic carbocycles. The number of rotatable bonds is 3. The van der Waals surface area contributed by atoms with Gasteiger partial charge in [0, 0.05) is 10.7 Å². The lowest BCUT2D eigenvalue weighted by Gasteiger charge is -2.04. The third-order valence-corrected chi connectivity index (χ3v) is 3.26. The van der Waals surface area contributed by atoms with Crippen molar-refractivity contribution >= 4 is 33.4 Å². The molecule has 0 aliphatic heterocycles. The highest BCUT2D eigenvalue weighted by molar-refractivity contribution is 9.10. The Labute approximate surface area is 123 Å². The first-order chi connectivity index (χ1) is 8.97. The summed E-state index contributed by atoms with van der Waals surface area (Å²) in [5.74, 6) is 0.876. The molecular formula is C12H11BrClN3O2. The fourth-order valence-corrected chi connectivity index (χ4v) is 1.97. The predicted molar refractivity (Wildman–Crippen MR) is 74.1 cm³/mol.